The van der Waals surface area contributed by atoms with Crippen LogP contribution in [0.15, 0.2) is 30.7 Å². The molecule has 2 aromatic rings. The van der Waals surface area contributed by atoms with Crippen molar-refractivity contribution in [3.8, 4) is 6.07 Å². The van der Waals surface area contributed by atoms with Crippen LogP contribution in [0.3, 0.4) is 0 Å². The van der Waals surface area contributed by atoms with Crippen molar-refractivity contribution in [3.05, 3.63) is 36.4 Å². The minimum atomic E-state index is 0.478. The predicted octanol–water partition coefficient (Wildman–Crippen LogP) is 1.77. The highest BCUT2D eigenvalue weighted by Gasteiger charge is 2.04. The zero-order chi connectivity index (χ0) is 13.5. The van der Waals surface area contributed by atoms with Crippen LogP contribution >= 0.6 is 0 Å². The Morgan fingerprint density at radius 1 is 1.47 bits per heavy atom. The van der Waals surface area contributed by atoms with Crippen molar-refractivity contribution in [2.75, 3.05) is 23.8 Å². The summed E-state index contributed by atoms with van der Waals surface area (Å²) in [4.78, 5) is 13.4. The van der Waals surface area contributed by atoms with E-state index in [0.29, 0.717) is 19.5 Å². The number of nitriles is 1. The minimum Gasteiger partial charge on any atom is -0.364 e. The maximum atomic E-state index is 8.58. The second kappa shape index (κ2) is 6.40. The number of hydrogen-bond acceptors (Lipinski definition) is 5. The van der Waals surface area contributed by atoms with E-state index < -0.39 is 0 Å². The molecule has 19 heavy (non-hydrogen) atoms. The van der Waals surface area contributed by atoms with Crippen LogP contribution in [0, 0.1) is 11.3 Å². The molecule has 0 atom stereocenters. The summed E-state index contributed by atoms with van der Waals surface area (Å²) in [5.74, 6) is 1.57. The molecule has 2 aromatic heterocycles. The molecular weight excluding hydrogens is 240 g/mol. The van der Waals surface area contributed by atoms with Gasteiger partial charge >= 0.3 is 0 Å². The van der Waals surface area contributed by atoms with E-state index in [4.69, 9.17) is 5.26 Å². The fourth-order valence-corrected chi connectivity index (χ4v) is 1.65. The van der Waals surface area contributed by atoms with Gasteiger partial charge in [-0.25, -0.2) is 9.97 Å². The van der Waals surface area contributed by atoms with Crippen molar-refractivity contribution in [1.82, 2.24) is 15.0 Å². The van der Waals surface area contributed by atoms with Crippen LogP contribution in [0.4, 0.5) is 11.6 Å². The summed E-state index contributed by atoms with van der Waals surface area (Å²) in [7, 11) is 1.91. The van der Waals surface area contributed by atoms with Crippen molar-refractivity contribution >= 4 is 11.6 Å². The smallest absolute Gasteiger partial charge is 0.133 e. The van der Waals surface area contributed by atoms with E-state index in [-0.39, 0.29) is 0 Å². The minimum absolute atomic E-state index is 0.478. The molecule has 6 nitrogen and oxygen atoms in total. The highest BCUT2D eigenvalue weighted by molar-refractivity contribution is 5.48. The molecule has 0 saturated heterocycles. The first-order chi connectivity index (χ1) is 9.29. The first-order valence-electron chi connectivity index (χ1n) is 6.06. The lowest BCUT2D eigenvalue weighted by Gasteiger charge is -2.16. The first kappa shape index (κ1) is 12.9. The number of aromatic amines is 1. The van der Waals surface area contributed by atoms with Gasteiger partial charge < -0.3 is 15.2 Å². The van der Waals surface area contributed by atoms with Crippen LogP contribution in [0.5, 0.6) is 0 Å². The Morgan fingerprint density at radius 2 is 2.37 bits per heavy atom. The lowest BCUT2D eigenvalue weighted by atomic mass is 10.4. The monoisotopic (exact) mass is 256 g/mol. The first-order valence-corrected chi connectivity index (χ1v) is 6.06. The molecule has 0 spiro atoms. The molecule has 6 heteroatoms. The van der Waals surface area contributed by atoms with Crippen LogP contribution in [0.25, 0.3) is 0 Å². The number of anilines is 2. The maximum absolute atomic E-state index is 8.58. The molecule has 0 aliphatic carbocycles. The van der Waals surface area contributed by atoms with Gasteiger partial charge in [0.05, 0.1) is 19.0 Å². The van der Waals surface area contributed by atoms with Gasteiger partial charge in [-0.2, -0.15) is 5.26 Å². The molecule has 0 aliphatic rings. The molecule has 0 aliphatic heterocycles. The van der Waals surface area contributed by atoms with Crippen LogP contribution < -0.4 is 10.2 Å². The molecule has 2 heterocycles. The molecule has 2 N–H and O–H groups in total. The summed E-state index contributed by atoms with van der Waals surface area (Å²) in [5, 5.41) is 11.8. The lowest BCUT2D eigenvalue weighted by molar-refractivity contribution is 0.878. The number of nitrogens with zero attached hydrogens (tertiary/aromatic N) is 4. The largest absolute Gasteiger partial charge is 0.364 e. The molecule has 0 amide bonds. The Bertz CT molecular complexity index is 543. The van der Waals surface area contributed by atoms with Gasteiger partial charge in [0, 0.05) is 31.5 Å². The Labute approximate surface area is 112 Å². The molecule has 98 valence electrons. The topological polar surface area (TPSA) is 80.6 Å². The summed E-state index contributed by atoms with van der Waals surface area (Å²) >= 11 is 0. The normalized spacial score (nSPS) is 9.89. The van der Waals surface area contributed by atoms with Crippen molar-refractivity contribution in [3.63, 3.8) is 0 Å². The summed E-state index contributed by atoms with van der Waals surface area (Å²) < 4.78 is 0. The Balaban J connectivity index is 1.96. The number of aromatic nitrogens is 3. The zero-order valence-corrected chi connectivity index (χ0v) is 10.8. The van der Waals surface area contributed by atoms with Gasteiger partial charge in [0.15, 0.2) is 0 Å². The fourth-order valence-electron chi connectivity index (χ4n) is 1.65. The fraction of sp³-hybridized carbons (Fsp3) is 0.308. The van der Waals surface area contributed by atoms with E-state index in [1.54, 1.807) is 0 Å². The third-order valence-corrected chi connectivity index (χ3v) is 2.73. The summed E-state index contributed by atoms with van der Waals surface area (Å²) in [6.07, 6.45) is 3.89. The summed E-state index contributed by atoms with van der Waals surface area (Å²) in [6, 6.07) is 7.96. The van der Waals surface area contributed by atoms with Crippen LogP contribution in [0.2, 0.25) is 0 Å². The van der Waals surface area contributed by atoms with Crippen molar-refractivity contribution in [2.45, 2.75) is 13.0 Å². The highest BCUT2D eigenvalue weighted by Crippen LogP contribution is 2.13. The summed E-state index contributed by atoms with van der Waals surface area (Å²) in [6.45, 7) is 1.34. The molecule has 0 aromatic carbocycles. The third-order valence-electron chi connectivity index (χ3n) is 2.73. The lowest BCUT2D eigenvalue weighted by Crippen LogP contribution is -2.19. The molecule has 0 unspecified atom stereocenters. The van der Waals surface area contributed by atoms with Gasteiger partial charge in [-0.3, -0.25) is 0 Å². The number of nitrogens with one attached hydrogen (secondary N) is 2. The second-order valence-electron chi connectivity index (χ2n) is 4.14. The second-order valence-corrected chi connectivity index (χ2v) is 4.14. The quantitative estimate of drug-likeness (QED) is 0.823. The Morgan fingerprint density at radius 3 is 3.11 bits per heavy atom. The van der Waals surface area contributed by atoms with Crippen molar-refractivity contribution in [1.29, 1.82) is 5.26 Å². The predicted molar refractivity (Wildman–Crippen MR) is 73.7 cm³/mol. The molecule has 2 rings (SSSR count). The maximum Gasteiger partial charge on any atom is 0.133 e. The van der Waals surface area contributed by atoms with Crippen molar-refractivity contribution in [2.24, 2.45) is 0 Å². The highest BCUT2D eigenvalue weighted by atomic mass is 15.2. The van der Waals surface area contributed by atoms with E-state index in [1.165, 1.54) is 6.33 Å². The van der Waals surface area contributed by atoms with E-state index in [9.17, 15) is 0 Å². The van der Waals surface area contributed by atoms with E-state index in [0.717, 1.165) is 17.3 Å². The van der Waals surface area contributed by atoms with Gasteiger partial charge in [-0.1, -0.05) is 0 Å². The SMILES string of the molecule is CN(CCC#N)c1cc(NCc2ccc[nH]2)ncn1. The van der Waals surface area contributed by atoms with Crippen LogP contribution in [-0.4, -0.2) is 28.5 Å². The zero-order valence-electron chi connectivity index (χ0n) is 10.8. The third kappa shape index (κ3) is 3.71. The average molecular weight is 256 g/mol. The molecule has 0 fully saturated rings. The molecule has 0 radical (unpaired) electrons. The number of hydrogen-bond donors (Lipinski definition) is 2. The molecular formula is C13H16N6. The summed E-state index contributed by atoms with van der Waals surface area (Å²) in [5.41, 5.74) is 1.10. The van der Waals surface area contributed by atoms with E-state index in [2.05, 4.69) is 26.3 Å². The van der Waals surface area contributed by atoms with E-state index >= 15 is 0 Å². The van der Waals surface area contributed by atoms with Gasteiger partial charge in [0.25, 0.3) is 0 Å². The molecule has 0 saturated carbocycles. The Kier molecular flexibility index (Phi) is 4.34. The van der Waals surface area contributed by atoms with Crippen molar-refractivity contribution < 1.29 is 0 Å². The molecule has 0 bridgehead atoms. The number of rotatable bonds is 6. The Hall–Kier alpha value is -2.55. The standard InChI is InChI=1S/C13H16N6/c1-19(7-3-5-14)13-8-12(17-10-18-13)16-9-11-4-2-6-15-11/h2,4,6,8,10,15H,3,7,9H2,1H3,(H,16,17,18). The van der Waals surface area contributed by atoms with Crippen LogP contribution in [0.1, 0.15) is 12.1 Å². The van der Waals surface area contributed by atoms with Gasteiger partial charge in [0.1, 0.15) is 18.0 Å². The number of H-pyrrole nitrogens is 1. The van der Waals surface area contributed by atoms with Gasteiger partial charge in [0.2, 0.25) is 0 Å². The van der Waals surface area contributed by atoms with E-state index in [1.807, 2.05) is 36.3 Å². The van der Waals surface area contributed by atoms with Gasteiger partial charge in [-0.15, -0.1) is 0 Å². The van der Waals surface area contributed by atoms with Crippen LogP contribution in [-0.2, 0) is 6.54 Å². The van der Waals surface area contributed by atoms with Gasteiger partial charge in [-0.05, 0) is 12.1 Å². The average Bonchev–Trinajstić information content (AvgIpc) is 2.96.